The Labute approximate surface area is 90.8 Å². The zero-order chi connectivity index (χ0) is 10.7. The Hall–Kier alpha value is -1.09. The van der Waals surface area contributed by atoms with E-state index in [0.29, 0.717) is 0 Å². The van der Waals surface area contributed by atoms with E-state index in [2.05, 4.69) is 16.8 Å². The molecule has 0 atom stereocenters. The van der Waals surface area contributed by atoms with Gasteiger partial charge < -0.3 is 10.0 Å². The standard InChI is InChI=1S/C12H18N2O/c1-2-14(8-10-3-4-10)12-7-11(9-15)5-6-13-12/h5-7,10,15H,2-4,8-9H2,1H3. The highest BCUT2D eigenvalue weighted by atomic mass is 16.3. The molecule has 3 heteroatoms. The van der Waals surface area contributed by atoms with Crippen LogP contribution in [0.4, 0.5) is 5.82 Å². The highest BCUT2D eigenvalue weighted by molar-refractivity contribution is 5.40. The van der Waals surface area contributed by atoms with Crippen molar-refractivity contribution < 1.29 is 5.11 Å². The SMILES string of the molecule is CCN(CC1CC1)c1cc(CO)ccn1. The second-order valence-corrected chi connectivity index (χ2v) is 4.16. The third-order valence-electron chi connectivity index (χ3n) is 2.87. The molecule has 1 N–H and O–H groups in total. The van der Waals surface area contributed by atoms with Gasteiger partial charge in [0.05, 0.1) is 6.61 Å². The molecule has 1 aromatic heterocycles. The van der Waals surface area contributed by atoms with Gasteiger partial charge in [0.2, 0.25) is 0 Å². The molecule has 1 heterocycles. The molecule has 0 bridgehead atoms. The van der Waals surface area contributed by atoms with Crippen molar-refractivity contribution in [2.45, 2.75) is 26.4 Å². The molecule has 0 aromatic carbocycles. The van der Waals surface area contributed by atoms with E-state index in [1.54, 1.807) is 6.20 Å². The zero-order valence-corrected chi connectivity index (χ0v) is 9.19. The van der Waals surface area contributed by atoms with Crippen molar-refractivity contribution in [3.63, 3.8) is 0 Å². The van der Waals surface area contributed by atoms with Crippen LogP contribution in [-0.2, 0) is 6.61 Å². The summed E-state index contributed by atoms with van der Waals surface area (Å²) in [7, 11) is 0. The fourth-order valence-corrected chi connectivity index (χ4v) is 1.73. The first-order chi connectivity index (χ1) is 7.33. The van der Waals surface area contributed by atoms with Crippen molar-refractivity contribution in [3.8, 4) is 0 Å². The van der Waals surface area contributed by atoms with Gasteiger partial charge in [0.25, 0.3) is 0 Å². The van der Waals surface area contributed by atoms with Crippen molar-refractivity contribution in [2.75, 3.05) is 18.0 Å². The molecular weight excluding hydrogens is 188 g/mol. The van der Waals surface area contributed by atoms with Gasteiger partial charge in [0.1, 0.15) is 5.82 Å². The Morgan fingerprint density at radius 2 is 2.33 bits per heavy atom. The second kappa shape index (κ2) is 4.62. The molecule has 0 spiro atoms. The average molecular weight is 206 g/mol. The Kier molecular flexibility index (Phi) is 3.21. The van der Waals surface area contributed by atoms with Crippen LogP contribution in [0.25, 0.3) is 0 Å². The molecule has 1 aliphatic rings. The summed E-state index contributed by atoms with van der Waals surface area (Å²) in [6.45, 7) is 4.34. The molecule has 3 nitrogen and oxygen atoms in total. The predicted octanol–water partition coefficient (Wildman–Crippen LogP) is 1.81. The van der Waals surface area contributed by atoms with Crippen LogP contribution in [0.3, 0.4) is 0 Å². The number of aromatic nitrogens is 1. The lowest BCUT2D eigenvalue weighted by Crippen LogP contribution is -2.26. The monoisotopic (exact) mass is 206 g/mol. The quantitative estimate of drug-likeness (QED) is 0.798. The van der Waals surface area contributed by atoms with Crippen LogP contribution in [-0.4, -0.2) is 23.2 Å². The molecule has 15 heavy (non-hydrogen) atoms. The normalized spacial score (nSPS) is 15.3. The first-order valence-electron chi connectivity index (χ1n) is 5.64. The lowest BCUT2D eigenvalue weighted by Gasteiger charge is -2.22. The van der Waals surface area contributed by atoms with E-state index in [1.807, 2.05) is 12.1 Å². The van der Waals surface area contributed by atoms with Crippen molar-refractivity contribution in [1.29, 1.82) is 0 Å². The number of hydrogen-bond acceptors (Lipinski definition) is 3. The Morgan fingerprint density at radius 1 is 1.53 bits per heavy atom. The van der Waals surface area contributed by atoms with Crippen LogP contribution in [0.5, 0.6) is 0 Å². The van der Waals surface area contributed by atoms with E-state index in [4.69, 9.17) is 5.11 Å². The average Bonchev–Trinajstić information content (AvgIpc) is 3.10. The number of anilines is 1. The highest BCUT2D eigenvalue weighted by Crippen LogP contribution is 2.30. The number of hydrogen-bond donors (Lipinski definition) is 1. The van der Waals surface area contributed by atoms with Gasteiger partial charge >= 0.3 is 0 Å². The van der Waals surface area contributed by atoms with Crippen molar-refractivity contribution in [3.05, 3.63) is 23.9 Å². The minimum atomic E-state index is 0.0938. The third-order valence-corrected chi connectivity index (χ3v) is 2.87. The molecule has 1 aliphatic carbocycles. The molecule has 1 aromatic rings. The van der Waals surface area contributed by atoms with Gasteiger partial charge in [-0.05, 0) is 43.4 Å². The summed E-state index contributed by atoms with van der Waals surface area (Å²) >= 11 is 0. The lowest BCUT2D eigenvalue weighted by molar-refractivity contribution is 0.281. The minimum absolute atomic E-state index is 0.0938. The zero-order valence-electron chi connectivity index (χ0n) is 9.19. The van der Waals surface area contributed by atoms with Gasteiger partial charge in [-0.1, -0.05) is 0 Å². The first-order valence-corrected chi connectivity index (χ1v) is 5.64. The number of aliphatic hydroxyl groups excluding tert-OH is 1. The molecular formula is C12H18N2O. The largest absolute Gasteiger partial charge is 0.392 e. The van der Waals surface area contributed by atoms with Crippen molar-refractivity contribution in [1.82, 2.24) is 4.98 Å². The maximum Gasteiger partial charge on any atom is 0.128 e. The summed E-state index contributed by atoms with van der Waals surface area (Å²) in [4.78, 5) is 6.64. The summed E-state index contributed by atoms with van der Waals surface area (Å²) in [5.74, 6) is 1.86. The Morgan fingerprint density at radius 3 is 2.93 bits per heavy atom. The van der Waals surface area contributed by atoms with Gasteiger partial charge in [0, 0.05) is 19.3 Å². The lowest BCUT2D eigenvalue weighted by atomic mass is 10.2. The Bertz CT molecular complexity index is 323. The minimum Gasteiger partial charge on any atom is -0.392 e. The van der Waals surface area contributed by atoms with Gasteiger partial charge in [-0.3, -0.25) is 0 Å². The van der Waals surface area contributed by atoms with E-state index < -0.39 is 0 Å². The number of rotatable bonds is 5. The Balaban J connectivity index is 2.09. The summed E-state index contributed by atoms with van der Waals surface area (Å²) in [6.07, 6.45) is 4.49. The maximum absolute atomic E-state index is 9.06. The third kappa shape index (κ3) is 2.69. The summed E-state index contributed by atoms with van der Waals surface area (Å²) < 4.78 is 0. The smallest absolute Gasteiger partial charge is 0.128 e. The molecule has 0 saturated heterocycles. The summed E-state index contributed by atoms with van der Waals surface area (Å²) in [5, 5.41) is 9.06. The number of nitrogens with zero attached hydrogens (tertiary/aromatic N) is 2. The van der Waals surface area contributed by atoms with Crippen LogP contribution in [0.15, 0.2) is 18.3 Å². The molecule has 0 aliphatic heterocycles. The van der Waals surface area contributed by atoms with Gasteiger partial charge in [0.15, 0.2) is 0 Å². The van der Waals surface area contributed by atoms with Crippen LogP contribution >= 0.6 is 0 Å². The van der Waals surface area contributed by atoms with Crippen LogP contribution < -0.4 is 4.90 Å². The highest BCUT2D eigenvalue weighted by Gasteiger charge is 2.24. The predicted molar refractivity (Wildman–Crippen MR) is 60.8 cm³/mol. The number of aliphatic hydroxyl groups is 1. The second-order valence-electron chi connectivity index (χ2n) is 4.16. The van der Waals surface area contributed by atoms with Crippen LogP contribution in [0, 0.1) is 5.92 Å². The van der Waals surface area contributed by atoms with E-state index in [9.17, 15) is 0 Å². The molecule has 1 saturated carbocycles. The number of pyridine rings is 1. The molecule has 0 amide bonds. The molecule has 0 radical (unpaired) electrons. The van der Waals surface area contributed by atoms with E-state index >= 15 is 0 Å². The molecule has 0 unspecified atom stereocenters. The summed E-state index contributed by atoms with van der Waals surface area (Å²) in [5.41, 5.74) is 0.939. The topological polar surface area (TPSA) is 36.4 Å². The molecule has 1 fully saturated rings. The van der Waals surface area contributed by atoms with Crippen molar-refractivity contribution in [2.24, 2.45) is 5.92 Å². The molecule has 2 rings (SSSR count). The van der Waals surface area contributed by atoms with Gasteiger partial charge in [-0.2, -0.15) is 0 Å². The van der Waals surface area contributed by atoms with Gasteiger partial charge in [-0.15, -0.1) is 0 Å². The van der Waals surface area contributed by atoms with Crippen LogP contribution in [0.2, 0.25) is 0 Å². The van der Waals surface area contributed by atoms with Gasteiger partial charge in [-0.25, -0.2) is 4.98 Å². The van der Waals surface area contributed by atoms with Crippen LogP contribution in [0.1, 0.15) is 25.3 Å². The maximum atomic E-state index is 9.06. The molecule has 82 valence electrons. The van der Waals surface area contributed by atoms with E-state index in [-0.39, 0.29) is 6.61 Å². The summed E-state index contributed by atoms with van der Waals surface area (Å²) in [6, 6.07) is 3.83. The fourth-order valence-electron chi connectivity index (χ4n) is 1.73. The van der Waals surface area contributed by atoms with E-state index in [0.717, 1.165) is 30.4 Å². The van der Waals surface area contributed by atoms with E-state index in [1.165, 1.54) is 12.8 Å². The first kappa shape index (κ1) is 10.4. The fraction of sp³-hybridized carbons (Fsp3) is 0.583. The van der Waals surface area contributed by atoms with Crippen molar-refractivity contribution >= 4 is 5.82 Å².